The highest BCUT2D eigenvalue weighted by atomic mass is 14.6. The number of benzene rings is 1. The van der Waals surface area contributed by atoms with Gasteiger partial charge in [0.25, 0.3) is 0 Å². The zero-order chi connectivity index (χ0) is 7.52. The van der Waals surface area contributed by atoms with Crippen LogP contribution in [-0.4, -0.2) is 4.98 Å². The van der Waals surface area contributed by atoms with Gasteiger partial charge in [-0.3, -0.25) is 0 Å². The van der Waals surface area contributed by atoms with Crippen molar-refractivity contribution in [1.82, 2.24) is 4.98 Å². The van der Waals surface area contributed by atoms with E-state index in [9.17, 15) is 0 Å². The molecule has 0 atom stereocenters. The van der Waals surface area contributed by atoms with Crippen molar-refractivity contribution in [2.24, 2.45) is 0 Å². The highest BCUT2D eigenvalue weighted by Gasteiger charge is 1.93. The van der Waals surface area contributed by atoms with E-state index in [1.165, 1.54) is 11.1 Å². The van der Waals surface area contributed by atoms with Crippen molar-refractivity contribution in [3.63, 3.8) is 0 Å². The quantitative estimate of drug-likeness (QED) is 0.633. The van der Waals surface area contributed by atoms with Gasteiger partial charge < -0.3 is 4.98 Å². The second kappa shape index (κ2) is 2.62. The maximum atomic E-state index is 3.03. The molecule has 0 saturated heterocycles. The first kappa shape index (κ1) is 6.23. The largest absolute Gasteiger partial charge is 1.00 e. The minimum Gasteiger partial charge on any atom is -0.367 e. The average Bonchev–Trinajstić information content (AvgIpc) is 2.58. The van der Waals surface area contributed by atoms with Crippen molar-refractivity contribution in [2.75, 3.05) is 0 Å². The molecule has 0 aliphatic heterocycles. The molecule has 11 heavy (non-hydrogen) atoms. The summed E-state index contributed by atoms with van der Waals surface area (Å²) in [5.74, 6) is 0. The van der Waals surface area contributed by atoms with Gasteiger partial charge in [0, 0.05) is 12.4 Å². The Bertz CT molecular complexity index is 313. The molecule has 2 aromatic rings. The summed E-state index contributed by atoms with van der Waals surface area (Å²) in [6.45, 7) is 0. The number of hydrogen-bond acceptors (Lipinski definition) is 0. The predicted molar refractivity (Wildman–Crippen MR) is 47.3 cm³/mol. The third kappa shape index (κ3) is 1.17. The minimum atomic E-state index is 0. The van der Waals surface area contributed by atoms with Crippen LogP contribution in [0.5, 0.6) is 0 Å². The molecule has 54 valence electrons. The summed E-state index contributed by atoms with van der Waals surface area (Å²) in [7, 11) is 0. The highest BCUT2D eigenvalue weighted by molar-refractivity contribution is 5.61. The predicted octanol–water partition coefficient (Wildman–Crippen LogP) is 2.79. The fourth-order valence-electron chi connectivity index (χ4n) is 1.13. The molecule has 0 spiro atoms. The van der Waals surface area contributed by atoms with Crippen molar-refractivity contribution in [1.29, 1.82) is 0 Å². The first-order valence-electron chi connectivity index (χ1n) is 3.65. The van der Waals surface area contributed by atoms with Crippen molar-refractivity contribution in [2.45, 2.75) is 0 Å². The lowest BCUT2D eigenvalue weighted by atomic mass is 10.1. The van der Waals surface area contributed by atoms with E-state index >= 15 is 0 Å². The Labute approximate surface area is 67.2 Å². The fraction of sp³-hybridized carbons (Fsp3) is 0. The van der Waals surface area contributed by atoms with Gasteiger partial charge in [-0.05, 0) is 17.2 Å². The van der Waals surface area contributed by atoms with E-state index in [2.05, 4.69) is 23.2 Å². The van der Waals surface area contributed by atoms with E-state index < -0.39 is 0 Å². The van der Waals surface area contributed by atoms with Crippen LogP contribution in [0.25, 0.3) is 11.1 Å². The number of aromatic amines is 1. The van der Waals surface area contributed by atoms with Crippen molar-refractivity contribution < 1.29 is 1.43 Å². The van der Waals surface area contributed by atoms with Crippen LogP contribution in [-0.2, 0) is 0 Å². The van der Waals surface area contributed by atoms with Gasteiger partial charge in [-0.25, -0.2) is 0 Å². The number of hydrogen-bond donors (Lipinski definition) is 1. The summed E-state index contributed by atoms with van der Waals surface area (Å²) in [5.41, 5.74) is 2.50. The van der Waals surface area contributed by atoms with Gasteiger partial charge in [0.2, 0.25) is 0 Å². The molecule has 1 nitrogen and oxygen atoms in total. The zero-order valence-electron chi connectivity index (χ0n) is 7.12. The van der Waals surface area contributed by atoms with Gasteiger partial charge in [-0.15, -0.1) is 0 Å². The minimum absolute atomic E-state index is 0. The first-order chi connectivity index (χ1) is 5.47. The molecular weight excluding hydrogens is 134 g/mol. The molecule has 1 heterocycles. The molecule has 0 aliphatic carbocycles. The van der Waals surface area contributed by atoms with E-state index in [0.717, 1.165) is 0 Å². The second-order valence-electron chi connectivity index (χ2n) is 2.47. The third-order valence-electron chi connectivity index (χ3n) is 1.71. The van der Waals surface area contributed by atoms with Crippen molar-refractivity contribution in [3.8, 4) is 11.1 Å². The number of aromatic nitrogens is 1. The van der Waals surface area contributed by atoms with Gasteiger partial charge in [0.05, 0.1) is 0 Å². The monoisotopic (exact) mass is 144 g/mol. The number of nitrogens with one attached hydrogen (secondary N) is 1. The third-order valence-corrected chi connectivity index (χ3v) is 1.71. The Morgan fingerprint density at radius 1 is 0.909 bits per heavy atom. The van der Waals surface area contributed by atoms with Gasteiger partial charge in [-0.2, -0.15) is 0 Å². The molecule has 0 aliphatic rings. The summed E-state index contributed by atoms with van der Waals surface area (Å²) < 4.78 is 0. The smallest absolute Gasteiger partial charge is 0.367 e. The van der Waals surface area contributed by atoms with Crippen LogP contribution in [0.3, 0.4) is 0 Å². The maximum Gasteiger partial charge on any atom is 1.00 e. The Kier molecular flexibility index (Phi) is 1.48. The molecule has 0 radical (unpaired) electrons. The van der Waals surface area contributed by atoms with E-state index in [0.29, 0.717) is 0 Å². The number of H-pyrrole nitrogens is 1. The molecule has 0 saturated carbocycles. The Morgan fingerprint density at radius 2 is 1.73 bits per heavy atom. The maximum absolute atomic E-state index is 3.03. The van der Waals surface area contributed by atoms with Gasteiger partial charge >= 0.3 is 1.43 Å². The molecule has 1 heteroatoms. The van der Waals surface area contributed by atoms with Crippen LogP contribution in [0.4, 0.5) is 0 Å². The summed E-state index contributed by atoms with van der Waals surface area (Å²) in [6.07, 6.45) is 3.93. The summed E-state index contributed by atoms with van der Waals surface area (Å²) in [5, 5.41) is 0. The molecular formula is C10H10N+. The Balaban J connectivity index is 0.000000720. The van der Waals surface area contributed by atoms with Crippen LogP contribution in [0.15, 0.2) is 48.8 Å². The average molecular weight is 144 g/mol. The van der Waals surface area contributed by atoms with Gasteiger partial charge in [-0.1, -0.05) is 30.3 Å². The van der Waals surface area contributed by atoms with E-state index in [-0.39, 0.29) is 1.43 Å². The molecule has 0 unspecified atom stereocenters. The molecule has 1 aromatic heterocycles. The normalized spacial score (nSPS) is 9.82. The van der Waals surface area contributed by atoms with Crippen LogP contribution in [0.1, 0.15) is 1.43 Å². The van der Waals surface area contributed by atoms with Crippen molar-refractivity contribution >= 4 is 0 Å². The lowest BCUT2D eigenvalue weighted by Gasteiger charge is -1.93. The molecule has 2 rings (SSSR count). The van der Waals surface area contributed by atoms with Crippen LogP contribution < -0.4 is 0 Å². The highest BCUT2D eigenvalue weighted by Crippen LogP contribution is 2.16. The molecule has 0 bridgehead atoms. The standard InChI is InChI=1S/C10H9N/c1-2-4-9(5-3-1)10-6-7-11-8-10/h1-8,11H/p+1. The molecule has 0 amide bonds. The SMILES string of the molecule is [H+].c1ccc(-c2cc[nH]c2)cc1. The van der Waals surface area contributed by atoms with Crippen LogP contribution in [0, 0.1) is 0 Å². The second-order valence-corrected chi connectivity index (χ2v) is 2.47. The summed E-state index contributed by atoms with van der Waals surface area (Å²) in [6, 6.07) is 12.4. The molecule has 1 N–H and O–H groups in total. The van der Waals surface area contributed by atoms with Crippen LogP contribution >= 0.6 is 0 Å². The fourth-order valence-corrected chi connectivity index (χ4v) is 1.13. The van der Waals surface area contributed by atoms with E-state index in [1.807, 2.05) is 30.6 Å². The Morgan fingerprint density at radius 3 is 2.36 bits per heavy atom. The number of rotatable bonds is 1. The molecule has 1 aromatic carbocycles. The van der Waals surface area contributed by atoms with Gasteiger partial charge in [0.1, 0.15) is 0 Å². The topological polar surface area (TPSA) is 15.8 Å². The Hall–Kier alpha value is -1.50. The lowest BCUT2D eigenvalue weighted by molar-refractivity contribution is 1.41. The summed E-state index contributed by atoms with van der Waals surface area (Å²) in [4.78, 5) is 3.03. The summed E-state index contributed by atoms with van der Waals surface area (Å²) >= 11 is 0. The van der Waals surface area contributed by atoms with Crippen molar-refractivity contribution in [3.05, 3.63) is 48.8 Å². The zero-order valence-corrected chi connectivity index (χ0v) is 6.12. The van der Waals surface area contributed by atoms with Crippen LogP contribution in [0.2, 0.25) is 0 Å². The molecule has 0 fully saturated rings. The lowest BCUT2D eigenvalue weighted by Crippen LogP contribution is -1.69. The van der Waals surface area contributed by atoms with E-state index in [1.54, 1.807) is 0 Å². The van der Waals surface area contributed by atoms with Gasteiger partial charge in [0.15, 0.2) is 0 Å². The first-order valence-corrected chi connectivity index (χ1v) is 3.65. The van der Waals surface area contributed by atoms with E-state index in [4.69, 9.17) is 0 Å².